The fraction of sp³-hybridized carbons (Fsp3) is 0.0909. The van der Waals surface area contributed by atoms with Crippen molar-refractivity contribution in [2.45, 2.75) is 6.92 Å². The Bertz CT molecular complexity index is 766. The summed E-state index contributed by atoms with van der Waals surface area (Å²) < 4.78 is 1.14. The number of H-pyrrole nitrogens is 1. The number of nitrogens with one attached hydrogen (secondary N) is 1. The number of hydrogen-bond donors (Lipinski definition) is 1. The van der Waals surface area contributed by atoms with Crippen LogP contribution in [0.25, 0.3) is 0 Å². The summed E-state index contributed by atoms with van der Waals surface area (Å²) in [6, 6.07) is 4.95. The smallest absolute Gasteiger partial charge is 0.265 e. The summed E-state index contributed by atoms with van der Waals surface area (Å²) in [5.74, 6) is 0. The molecular formula is C11H8Cl2N4OS. The molecule has 0 aliphatic rings. The summed E-state index contributed by atoms with van der Waals surface area (Å²) in [5, 5.41) is 11.3. The predicted molar refractivity (Wildman–Crippen MR) is 77.9 cm³/mol. The highest BCUT2D eigenvalue weighted by molar-refractivity contribution is 7.71. The molecular weight excluding hydrogens is 307 g/mol. The number of aromatic amines is 1. The number of nitrogens with zero attached hydrogens (tertiary/aromatic N) is 3. The van der Waals surface area contributed by atoms with Gasteiger partial charge in [0.15, 0.2) is 0 Å². The van der Waals surface area contributed by atoms with Crippen molar-refractivity contribution in [3.8, 4) is 0 Å². The lowest BCUT2D eigenvalue weighted by atomic mass is 10.2. The zero-order chi connectivity index (χ0) is 14.0. The molecule has 0 aliphatic heterocycles. The van der Waals surface area contributed by atoms with Crippen molar-refractivity contribution >= 4 is 41.6 Å². The molecule has 98 valence electrons. The average Bonchev–Trinajstić information content (AvgIpc) is 2.38. The van der Waals surface area contributed by atoms with Gasteiger partial charge < -0.3 is 0 Å². The predicted octanol–water partition coefficient (Wildman–Crippen LogP) is 2.80. The molecule has 1 aromatic carbocycles. The van der Waals surface area contributed by atoms with Crippen molar-refractivity contribution < 1.29 is 0 Å². The Hall–Kier alpha value is -1.50. The van der Waals surface area contributed by atoms with Gasteiger partial charge in [0.1, 0.15) is 5.69 Å². The number of rotatable bonds is 2. The molecule has 0 fully saturated rings. The van der Waals surface area contributed by atoms with Crippen LogP contribution >= 0.6 is 35.4 Å². The Kier molecular flexibility index (Phi) is 4.14. The monoisotopic (exact) mass is 314 g/mol. The second-order valence-corrected chi connectivity index (χ2v) is 4.87. The first-order chi connectivity index (χ1) is 8.99. The number of aryl methyl sites for hydroxylation is 1. The molecule has 5 nitrogen and oxygen atoms in total. The molecule has 1 heterocycles. The van der Waals surface area contributed by atoms with Gasteiger partial charge in [-0.3, -0.25) is 9.89 Å². The molecule has 0 amide bonds. The van der Waals surface area contributed by atoms with Gasteiger partial charge in [-0.15, -0.1) is 0 Å². The van der Waals surface area contributed by atoms with Gasteiger partial charge in [0.2, 0.25) is 4.77 Å². The van der Waals surface area contributed by atoms with E-state index in [0.717, 1.165) is 4.68 Å². The van der Waals surface area contributed by atoms with Crippen molar-refractivity contribution in [2.75, 3.05) is 0 Å². The standard InChI is InChI=1S/C11H8Cl2N4OS/c1-6-10(18)17(11(19)16-15-6)14-5-7-4-8(12)2-3-9(7)13/h2-5H,1H3,(H,16,19)/b14-5+. The Morgan fingerprint density at radius 2 is 2.21 bits per heavy atom. The van der Waals surface area contributed by atoms with Crippen LogP contribution in [-0.4, -0.2) is 21.1 Å². The third kappa shape index (κ3) is 3.09. The quantitative estimate of drug-likeness (QED) is 0.685. The summed E-state index contributed by atoms with van der Waals surface area (Å²) in [4.78, 5) is 11.8. The second kappa shape index (κ2) is 5.64. The molecule has 1 aromatic heterocycles. The fourth-order valence-electron chi connectivity index (χ4n) is 1.31. The molecule has 2 aromatic rings. The minimum Gasteiger partial charge on any atom is -0.265 e. The molecule has 19 heavy (non-hydrogen) atoms. The van der Waals surface area contributed by atoms with E-state index in [-0.39, 0.29) is 10.5 Å². The largest absolute Gasteiger partial charge is 0.296 e. The second-order valence-electron chi connectivity index (χ2n) is 3.64. The lowest BCUT2D eigenvalue weighted by Crippen LogP contribution is -2.22. The molecule has 0 unspecified atom stereocenters. The molecule has 0 radical (unpaired) electrons. The van der Waals surface area contributed by atoms with Crippen LogP contribution in [0.1, 0.15) is 11.3 Å². The van der Waals surface area contributed by atoms with Gasteiger partial charge in [-0.25, -0.2) is 0 Å². The van der Waals surface area contributed by atoms with E-state index in [4.69, 9.17) is 35.4 Å². The maximum absolute atomic E-state index is 11.8. The maximum Gasteiger partial charge on any atom is 0.296 e. The minimum absolute atomic E-state index is 0.102. The van der Waals surface area contributed by atoms with E-state index in [1.165, 1.54) is 6.21 Å². The molecule has 0 aliphatic carbocycles. The van der Waals surface area contributed by atoms with E-state index in [1.807, 2.05) is 0 Å². The van der Waals surface area contributed by atoms with E-state index in [9.17, 15) is 4.79 Å². The van der Waals surface area contributed by atoms with Crippen LogP contribution in [0.5, 0.6) is 0 Å². The zero-order valence-corrected chi connectivity index (χ0v) is 12.1. The van der Waals surface area contributed by atoms with E-state index in [0.29, 0.717) is 15.6 Å². The number of halogens is 2. The molecule has 0 saturated carbocycles. The number of benzene rings is 1. The van der Waals surface area contributed by atoms with Crippen LogP contribution in [0, 0.1) is 11.7 Å². The van der Waals surface area contributed by atoms with Crippen LogP contribution in [0.15, 0.2) is 28.1 Å². The van der Waals surface area contributed by atoms with Crippen LogP contribution in [0.2, 0.25) is 10.0 Å². The van der Waals surface area contributed by atoms with Crippen LogP contribution in [0.4, 0.5) is 0 Å². The van der Waals surface area contributed by atoms with Gasteiger partial charge in [-0.05, 0) is 37.3 Å². The summed E-state index contributed by atoms with van der Waals surface area (Å²) in [6.07, 6.45) is 1.42. The Morgan fingerprint density at radius 1 is 1.47 bits per heavy atom. The zero-order valence-electron chi connectivity index (χ0n) is 9.72. The normalized spacial score (nSPS) is 11.1. The first-order valence-corrected chi connectivity index (χ1v) is 6.33. The van der Waals surface area contributed by atoms with E-state index in [1.54, 1.807) is 25.1 Å². The van der Waals surface area contributed by atoms with Gasteiger partial charge >= 0.3 is 0 Å². The van der Waals surface area contributed by atoms with Crippen LogP contribution in [-0.2, 0) is 0 Å². The topological polar surface area (TPSA) is 63.0 Å². The highest BCUT2D eigenvalue weighted by Crippen LogP contribution is 2.18. The first-order valence-electron chi connectivity index (χ1n) is 5.17. The van der Waals surface area contributed by atoms with Crippen molar-refractivity contribution in [2.24, 2.45) is 5.10 Å². The summed E-state index contributed by atoms with van der Waals surface area (Å²) in [7, 11) is 0. The van der Waals surface area contributed by atoms with E-state index in [2.05, 4.69) is 15.3 Å². The van der Waals surface area contributed by atoms with Crippen molar-refractivity contribution in [3.05, 3.63) is 54.6 Å². The Morgan fingerprint density at radius 3 is 2.95 bits per heavy atom. The third-order valence-corrected chi connectivity index (χ3v) is 3.13. The van der Waals surface area contributed by atoms with Gasteiger partial charge in [-0.2, -0.15) is 14.9 Å². The summed E-state index contributed by atoms with van der Waals surface area (Å²) in [5.41, 5.74) is 0.464. The highest BCUT2D eigenvalue weighted by atomic mass is 35.5. The third-order valence-electron chi connectivity index (χ3n) is 2.28. The fourth-order valence-corrected chi connectivity index (χ4v) is 1.83. The van der Waals surface area contributed by atoms with Crippen molar-refractivity contribution in [1.29, 1.82) is 0 Å². The summed E-state index contributed by atoms with van der Waals surface area (Å²) in [6.45, 7) is 1.56. The van der Waals surface area contributed by atoms with Gasteiger partial charge in [0.25, 0.3) is 5.56 Å². The SMILES string of the molecule is Cc1n[nH]c(=S)n(/N=C/c2cc(Cl)ccc2Cl)c1=O. The van der Waals surface area contributed by atoms with E-state index < -0.39 is 5.56 Å². The van der Waals surface area contributed by atoms with Gasteiger partial charge in [0, 0.05) is 15.6 Å². The minimum atomic E-state index is -0.391. The molecule has 1 N–H and O–H groups in total. The molecule has 0 atom stereocenters. The maximum atomic E-state index is 11.8. The molecule has 0 spiro atoms. The Labute approximate surface area is 123 Å². The van der Waals surface area contributed by atoms with Crippen LogP contribution < -0.4 is 5.56 Å². The van der Waals surface area contributed by atoms with Gasteiger partial charge in [0.05, 0.1) is 6.21 Å². The lowest BCUT2D eigenvalue weighted by molar-refractivity contribution is 0.720. The number of aromatic nitrogens is 3. The average molecular weight is 315 g/mol. The molecule has 0 saturated heterocycles. The van der Waals surface area contributed by atoms with Crippen molar-refractivity contribution in [1.82, 2.24) is 14.9 Å². The molecule has 0 bridgehead atoms. The van der Waals surface area contributed by atoms with Crippen LogP contribution in [0.3, 0.4) is 0 Å². The summed E-state index contributed by atoms with van der Waals surface area (Å²) >= 11 is 16.8. The van der Waals surface area contributed by atoms with Gasteiger partial charge in [-0.1, -0.05) is 23.2 Å². The number of hydrogen-bond acceptors (Lipinski definition) is 4. The van der Waals surface area contributed by atoms with E-state index >= 15 is 0 Å². The highest BCUT2D eigenvalue weighted by Gasteiger charge is 2.02. The lowest BCUT2D eigenvalue weighted by Gasteiger charge is -2.00. The molecule has 2 rings (SSSR count). The molecule has 8 heteroatoms. The Balaban J connectivity index is 2.50. The van der Waals surface area contributed by atoms with Crippen molar-refractivity contribution in [3.63, 3.8) is 0 Å². The first kappa shape index (κ1) is 13.9.